The molecule has 1 heterocycles. The van der Waals surface area contributed by atoms with Gasteiger partial charge in [0, 0.05) is 26.1 Å². The minimum Gasteiger partial charge on any atom is -0.393 e. The van der Waals surface area contributed by atoms with E-state index in [0.717, 1.165) is 25.7 Å². The van der Waals surface area contributed by atoms with E-state index in [2.05, 4.69) is 65.4 Å². The van der Waals surface area contributed by atoms with Crippen molar-refractivity contribution in [1.29, 1.82) is 5.41 Å². The SMILES string of the molecule is CCCCCCC[C@@H](O)CC(=O)N[C@H](CCN)C(=O)N[C@H]1CCNC(=O)[C@H](CC(C)C)NC(=O)[C@H](CCN)NC(=O)[C@H](CCNC(=O)[C@@H](N)CCCNC(=N)N)NC(=O)[C@H](CC(C)C)NC(=O)[C@@H](Cc2ccccc2)NC(=O)[C@H](CCN)NC1=O. The largest absolute Gasteiger partial charge is 0.393 e. The van der Waals surface area contributed by atoms with Crippen molar-refractivity contribution < 1.29 is 53.1 Å². The summed E-state index contributed by atoms with van der Waals surface area (Å²) in [7, 11) is 0. The van der Waals surface area contributed by atoms with Gasteiger partial charge in [0.15, 0.2) is 5.96 Å². The van der Waals surface area contributed by atoms with E-state index in [9.17, 15) is 53.1 Å². The van der Waals surface area contributed by atoms with Crippen LogP contribution in [0.4, 0.5) is 0 Å². The molecule has 0 spiro atoms. The monoisotopic (exact) mass is 1200 g/mol. The van der Waals surface area contributed by atoms with Gasteiger partial charge in [0.05, 0.1) is 18.6 Å². The fourth-order valence-corrected chi connectivity index (χ4v) is 9.38. The molecule has 2 rings (SSSR count). The number of aliphatic hydroxyl groups is 1. The molecule has 480 valence electrons. The number of rotatable bonds is 31. The van der Waals surface area contributed by atoms with Crippen molar-refractivity contribution in [3.63, 3.8) is 0 Å². The van der Waals surface area contributed by atoms with E-state index in [0.29, 0.717) is 31.4 Å². The second kappa shape index (κ2) is 41.1. The number of aliphatic hydroxyl groups excluding tert-OH is 1. The minimum atomic E-state index is -1.51. The second-order valence-corrected chi connectivity index (χ2v) is 22.5. The average molecular weight is 1200 g/mol. The van der Waals surface area contributed by atoms with Crippen molar-refractivity contribution >= 4 is 65.0 Å². The Morgan fingerprint density at radius 1 is 0.612 bits per heavy atom. The van der Waals surface area contributed by atoms with Gasteiger partial charge in [-0.15, -0.1) is 0 Å². The van der Waals surface area contributed by atoms with Gasteiger partial charge in [-0.3, -0.25) is 53.4 Å². The Morgan fingerprint density at radius 3 is 1.68 bits per heavy atom. The lowest BCUT2D eigenvalue weighted by molar-refractivity contribution is -0.136. The molecular weight excluding hydrogens is 1100 g/mol. The van der Waals surface area contributed by atoms with Crippen LogP contribution in [0.5, 0.6) is 0 Å². The van der Waals surface area contributed by atoms with Gasteiger partial charge in [-0.1, -0.05) is 97.1 Å². The summed E-state index contributed by atoms with van der Waals surface area (Å²) in [5, 5.41) is 47.4. The number of nitrogens with one attached hydrogen (secondary N) is 12. The Kier molecular flexibility index (Phi) is 35.8. The smallest absolute Gasteiger partial charge is 0.243 e. The highest BCUT2D eigenvalue weighted by molar-refractivity contribution is 5.98. The van der Waals surface area contributed by atoms with Gasteiger partial charge in [0.25, 0.3) is 0 Å². The average Bonchev–Trinajstić information content (AvgIpc) is 3.65. The van der Waals surface area contributed by atoms with Crippen LogP contribution in [0.25, 0.3) is 0 Å². The fraction of sp³-hybridized carbons (Fsp3) is 0.702. The molecule has 85 heavy (non-hydrogen) atoms. The zero-order valence-electron chi connectivity index (χ0n) is 50.5. The van der Waals surface area contributed by atoms with Gasteiger partial charge in [-0.2, -0.15) is 0 Å². The molecule has 0 saturated carbocycles. The van der Waals surface area contributed by atoms with E-state index >= 15 is 0 Å². The number of carbonyl (C=O) groups is 10. The molecule has 28 nitrogen and oxygen atoms in total. The standard InChI is InChI=1S/C57H101N17O11/c1-6-7-8-9-13-17-37(75)33-47(76)67-39(19-24-58)50(79)70-42-23-29-65-49(78)44(30-34(2)3)72-51(80)40(20-25-59)68-54(83)43(22-28-64-48(77)38(61)18-14-27-66-57(62)63)71-55(84)45(31-35(4)5)73-56(85)46(32-36-15-11-10-12-16-36)74-52(81)41(21-26-60)69-53(42)82/h10-12,15-16,34-35,37-46,75H,6-9,13-14,17-33,58-61H2,1-5H3,(H,64,77)(H,65,78)(H,67,76)(H,68,83)(H,69,82)(H,70,79)(H,71,84)(H,72,80)(H,73,85)(H,74,81)(H4,62,63,66)/t37-,38+,39-,40+,41+,42+,43+,44+,45+,46-/m1/s1. The summed E-state index contributed by atoms with van der Waals surface area (Å²) in [5.41, 5.74) is 29.9. The van der Waals surface area contributed by atoms with E-state index in [1.165, 1.54) is 0 Å². The first-order chi connectivity index (χ1) is 40.4. The van der Waals surface area contributed by atoms with Crippen molar-refractivity contribution in [2.45, 2.75) is 204 Å². The predicted molar refractivity (Wildman–Crippen MR) is 322 cm³/mol. The molecule has 0 aromatic heterocycles. The van der Waals surface area contributed by atoms with E-state index < -0.39 is 120 Å². The summed E-state index contributed by atoms with van der Waals surface area (Å²) in [6, 6.07) is -3.34. The first kappa shape index (κ1) is 74.1. The van der Waals surface area contributed by atoms with Crippen molar-refractivity contribution in [3.05, 3.63) is 35.9 Å². The Bertz CT molecular complexity index is 2280. The quantitative estimate of drug-likeness (QED) is 0.0200. The first-order valence-corrected chi connectivity index (χ1v) is 30.1. The second-order valence-electron chi connectivity index (χ2n) is 22.5. The highest BCUT2D eigenvalue weighted by Crippen LogP contribution is 2.13. The third-order valence-corrected chi connectivity index (χ3v) is 14.0. The maximum absolute atomic E-state index is 14.6. The van der Waals surface area contributed by atoms with E-state index in [4.69, 9.17) is 34.1 Å². The summed E-state index contributed by atoms with van der Waals surface area (Å²) in [6.07, 6.45) is 3.51. The highest BCUT2D eigenvalue weighted by Gasteiger charge is 2.36. The number of hydrogen-bond acceptors (Lipinski definition) is 16. The molecule has 1 aromatic carbocycles. The van der Waals surface area contributed by atoms with Crippen molar-refractivity contribution in [1.82, 2.24) is 58.5 Å². The molecule has 0 bridgehead atoms. The number of benzene rings is 1. The molecule has 1 aromatic rings. The van der Waals surface area contributed by atoms with Crippen LogP contribution >= 0.6 is 0 Å². The summed E-state index contributed by atoms with van der Waals surface area (Å²) < 4.78 is 0. The maximum Gasteiger partial charge on any atom is 0.243 e. The van der Waals surface area contributed by atoms with E-state index in [1.54, 1.807) is 44.2 Å². The number of guanidine groups is 1. The van der Waals surface area contributed by atoms with Crippen LogP contribution in [0.15, 0.2) is 30.3 Å². The lowest BCUT2D eigenvalue weighted by Gasteiger charge is -2.28. The zero-order valence-corrected chi connectivity index (χ0v) is 50.5. The van der Waals surface area contributed by atoms with Crippen LogP contribution in [0.3, 0.4) is 0 Å². The Balaban J connectivity index is 2.72. The van der Waals surface area contributed by atoms with Crippen LogP contribution in [0.1, 0.15) is 143 Å². The van der Waals surface area contributed by atoms with Crippen LogP contribution in [0.2, 0.25) is 0 Å². The van der Waals surface area contributed by atoms with Gasteiger partial charge in [-0.25, -0.2) is 0 Å². The summed E-state index contributed by atoms with van der Waals surface area (Å²) in [5.74, 6) is -8.51. The van der Waals surface area contributed by atoms with Gasteiger partial charge in [0.2, 0.25) is 59.1 Å². The molecule has 10 amide bonds. The molecule has 23 N–H and O–H groups in total. The van der Waals surface area contributed by atoms with Gasteiger partial charge in [0.1, 0.15) is 48.3 Å². The third kappa shape index (κ3) is 30.1. The number of amides is 10. The van der Waals surface area contributed by atoms with Gasteiger partial charge >= 0.3 is 0 Å². The first-order valence-electron chi connectivity index (χ1n) is 30.1. The number of nitrogens with two attached hydrogens (primary N) is 5. The molecular formula is C57H101N17O11. The predicted octanol–water partition coefficient (Wildman–Crippen LogP) is -3.03. The molecule has 28 heteroatoms. The van der Waals surface area contributed by atoms with Crippen molar-refractivity contribution in [3.8, 4) is 0 Å². The molecule has 1 fully saturated rings. The zero-order chi connectivity index (χ0) is 63.4. The van der Waals surface area contributed by atoms with E-state index in [-0.39, 0.29) is 115 Å². The third-order valence-electron chi connectivity index (χ3n) is 14.0. The van der Waals surface area contributed by atoms with Gasteiger partial charge < -0.3 is 92.3 Å². The van der Waals surface area contributed by atoms with Crippen molar-refractivity contribution in [2.75, 3.05) is 39.3 Å². The number of carbonyl (C=O) groups excluding carboxylic acids is 10. The molecule has 1 aliphatic heterocycles. The fourth-order valence-electron chi connectivity index (χ4n) is 9.38. The summed E-state index contributed by atoms with van der Waals surface area (Å²) >= 11 is 0. The molecule has 0 unspecified atom stereocenters. The maximum atomic E-state index is 14.6. The van der Waals surface area contributed by atoms with Crippen LogP contribution < -0.4 is 87.2 Å². The summed E-state index contributed by atoms with van der Waals surface area (Å²) in [4.78, 5) is 141. The Hall–Kier alpha value is -7.01. The van der Waals surface area contributed by atoms with Crippen molar-refractivity contribution in [2.24, 2.45) is 40.5 Å². The Labute approximate surface area is 500 Å². The van der Waals surface area contributed by atoms with Gasteiger partial charge in [-0.05, 0) is 101 Å². The number of unbranched alkanes of at least 4 members (excludes halogenated alkanes) is 4. The number of hydrogen-bond donors (Lipinski definition) is 18. The van der Waals surface area contributed by atoms with Crippen LogP contribution in [-0.2, 0) is 54.4 Å². The lowest BCUT2D eigenvalue weighted by Crippen LogP contribution is -2.61. The molecule has 10 atom stereocenters. The highest BCUT2D eigenvalue weighted by atomic mass is 16.3. The topological polar surface area (TPSA) is 477 Å². The van der Waals surface area contributed by atoms with Crippen LogP contribution in [0, 0.1) is 17.2 Å². The Morgan fingerprint density at radius 2 is 1.13 bits per heavy atom. The molecule has 0 aliphatic carbocycles. The van der Waals surface area contributed by atoms with Crippen LogP contribution in [-0.4, -0.2) is 170 Å². The molecule has 1 saturated heterocycles. The minimum absolute atomic E-state index is 0.0232. The lowest BCUT2D eigenvalue weighted by atomic mass is 10.00. The summed E-state index contributed by atoms with van der Waals surface area (Å²) in [6.45, 7) is 8.76. The van der Waals surface area contributed by atoms with E-state index in [1.807, 2.05) is 13.8 Å². The molecule has 1 aliphatic rings. The molecule has 0 radical (unpaired) electrons. The normalized spacial score (nSPS) is 21.8.